The van der Waals surface area contributed by atoms with Crippen molar-refractivity contribution >= 4 is 28.2 Å². The van der Waals surface area contributed by atoms with Gasteiger partial charge in [-0.3, -0.25) is 0 Å². The van der Waals surface area contributed by atoms with Gasteiger partial charge in [-0.2, -0.15) is 0 Å². The number of fused-ring (bicyclic) bond motifs is 1. The molecule has 0 spiro atoms. The van der Waals surface area contributed by atoms with Gasteiger partial charge in [-0.05, 0) is 37.9 Å². The third-order valence-electron chi connectivity index (χ3n) is 3.65. The molecule has 5 heteroatoms. The van der Waals surface area contributed by atoms with Crippen LogP contribution >= 0.6 is 12.2 Å². The molecule has 0 amide bonds. The van der Waals surface area contributed by atoms with E-state index in [2.05, 4.69) is 47.8 Å². The predicted octanol–water partition coefficient (Wildman–Crippen LogP) is 3.05. The van der Waals surface area contributed by atoms with Gasteiger partial charge in [-0.1, -0.05) is 42.5 Å². The van der Waals surface area contributed by atoms with Gasteiger partial charge in [0.25, 0.3) is 0 Å². The maximum atomic E-state index is 5.79. The Morgan fingerprint density at radius 1 is 1.17 bits per heavy atom. The van der Waals surface area contributed by atoms with E-state index in [1.807, 2.05) is 24.3 Å². The highest BCUT2D eigenvalue weighted by molar-refractivity contribution is 7.80. The monoisotopic (exact) mass is 324 g/mol. The van der Waals surface area contributed by atoms with Crippen LogP contribution in [0.25, 0.3) is 22.4 Å². The standard InChI is InChI=1S/C18H20N4S/c1-21(2)11-13-6-5-7-14(10-13)18-20-15-8-3-4-9-16(15)22(18)12-17(19)23/h3-10H,11-12H2,1-2H3,(H2,19,23). The number of imidazole rings is 1. The number of thiocarbonyl (C=S) groups is 1. The molecule has 118 valence electrons. The number of rotatable bonds is 5. The van der Waals surface area contributed by atoms with E-state index in [0.717, 1.165) is 29.0 Å². The van der Waals surface area contributed by atoms with E-state index >= 15 is 0 Å². The molecule has 0 unspecified atom stereocenters. The summed E-state index contributed by atoms with van der Waals surface area (Å²) in [6, 6.07) is 16.5. The lowest BCUT2D eigenvalue weighted by Gasteiger charge is -2.12. The molecule has 0 aliphatic heterocycles. The molecule has 0 aliphatic carbocycles. The first-order chi connectivity index (χ1) is 11.0. The zero-order valence-corrected chi connectivity index (χ0v) is 14.2. The Morgan fingerprint density at radius 2 is 1.96 bits per heavy atom. The van der Waals surface area contributed by atoms with Crippen molar-refractivity contribution in [2.75, 3.05) is 14.1 Å². The van der Waals surface area contributed by atoms with E-state index in [4.69, 9.17) is 22.9 Å². The quantitative estimate of drug-likeness (QED) is 0.733. The van der Waals surface area contributed by atoms with Crippen molar-refractivity contribution in [2.45, 2.75) is 13.1 Å². The van der Waals surface area contributed by atoms with E-state index in [9.17, 15) is 0 Å². The molecule has 2 N–H and O–H groups in total. The zero-order chi connectivity index (χ0) is 16.4. The molecule has 0 atom stereocenters. The minimum atomic E-state index is 0.457. The van der Waals surface area contributed by atoms with Crippen molar-refractivity contribution in [3.05, 3.63) is 54.1 Å². The average Bonchev–Trinajstić information content (AvgIpc) is 2.85. The van der Waals surface area contributed by atoms with E-state index in [1.165, 1.54) is 5.56 Å². The number of nitrogens with two attached hydrogens (primary N) is 1. The van der Waals surface area contributed by atoms with Gasteiger partial charge in [-0.25, -0.2) is 4.98 Å². The fourth-order valence-corrected chi connectivity index (χ4v) is 2.91. The van der Waals surface area contributed by atoms with Gasteiger partial charge in [0.05, 0.1) is 22.6 Å². The van der Waals surface area contributed by atoms with Crippen LogP contribution in [-0.4, -0.2) is 33.5 Å². The Balaban J connectivity index is 2.13. The van der Waals surface area contributed by atoms with Crippen LogP contribution in [0.3, 0.4) is 0 Å². The van der Waals surface area contributed by atoms with Crippen molar-refractivity contribution in [2.24, 2.45) is 5.73 Å². The molecular formula is C18H20N4S. The molecule has 4 nitrogen and oxygen atoms in total. The van der Waals surface area contributed by atoms with Gasteiger partial charge in [0.1, 0.15) is 5.82 Å². The highest BCUT2D eigenvalue weighted by Gasteiger charge is 2.13. The number of para-hydroxylation sites is 2. The molecule has 2 aromatic carbocycles. The minimum absolute atomic E-state index is 0.457. The molecule has 0 bridgehead atoms. The molecule has 0 aliphatic rings. The largest absolute Gasteiger partial charge is 0.392 e. The van der Waals surface area contributed by atoms with Gasteiger partial charge < -0.3 is 15.2 Å². The Kier molecular flexibility index (Phi) is 4.41. The summed E-state index contributed by atoms with van der Waals surface area (Å²) in [6.07, 6.45) is 0. The molecular weight excluding hydrogens is 304 g/mol. The summed E-state index contributed by atoms with van der Waals surface area (Å²) < 4.78 is 2.09. The third-order valence-corrected chi connectivity index (χ3v) is 3.78. The lowest BCUT2D eigenvalue weighted by Crippen LogP contribution is -2.17. The smallest absolute Gasteiger partial charge is 0.141 e. The van der Waals surface area contributed by atoms with Crippen LogP contribution in [0.2, 0.25) is 0 Å². The van der Waals surface area contributed by atoms with Crippen LogP contribution in [0.5, 0.6) is 0 Å². The first-order valence-electron chi connectivity index (χ1n) is 7.52. The molecule has 1 aromatic heterocycles. The van der Waals surface area contributed by atoms with Crippen LogP contribution in [-0.2, 0) is 13.1 Å². The normalized spacial score (nSPS) is 11.3. The van der Waals surface area contributed by atoms with Crippen LogP contribution in [0, 0.1) is 0 Å². The van der Waals surface area contributed by atoms with Crippen LogP contribution in [0.4, 0.5) is 0 Å². The van der Waals surface area contributed by atoms with E-state index in [1.54, 1.807) is 0 Å². The van der Waals surface area contributed by atoms with E-state index in [-0.39, 0.29) is 0 Å². The second-order valence-electron chi connectivity index (χ2n) is 5.91. The van der Waals surface area contributed by atoms with Crippen LogP contribution < -0.4 is 5.73 Å². The van der Waals surface area contributed by atoms with Crippen molar-refractivity contribution in [3.63, 3.8) is 0 Å². The van der Waals surface area contributed by atoms with Crippen LogP contribution in [0.1, 0.15) is 5.56 Å². The molecule has 0 saturated heterocycles. The second kappa shape index (κ2) is 6.48. The summed E-state index contributed by atoms with van der Waals surface area (Å²) >= 11 is 5.12. The Morgan fingerprint density at radius 3 is 2.70 bits per heavy atom. The summed E-state index contributed by atoms with van der Waals surface area (Å²) in [7, 11) is 4.13. The zero-order valence-electron chi connectivity index (χ0n) is 13.4. The van der Waals surface area contributed by atoms with Crippen molar-refractivity contribution in [1.82, 2.24) is 14.5 Å². The fourth-order valence-electron chi connectivity index (χ4n) is 2.79. The summed E-state index contributed by atoms with van der Waals surface area (Å²) in [5, 5.41) is 0. The van der Waals surface area contributed by atoms with Crippen LogP contribution in [0.15, 0.2) is 48.5 Å². The summed E-state index contributed by atoms with van der Waals surface area (Å²) in [5.74, 6) is 0.902. The van der Waals surface area contributed by atoms with Gasteiger partial charge >= 0.3 is 0 Å². The Bertz CT molecular complexity index is 851. The van der Waals surface area contributed by atoms with Gasteiger partial charge in [-0.15, -0.1) is 0 Å². The lowest BCUT2D eigenvalue weighted by atomic mass is 10.1. The highest BCUT2D eigenvalue weighted by Crippen LogP contribution is 2.25. The molecule has 0 saturated carbocycles. The van der Waals surface area contributed by atoms with Gasteiger partial charge in [0.15, 0.2) is 0 Å². The van der Waals surface area contributed by atoms with Gasteiger partial charge in [0, 0.05) is 12.1 Å². The number of nitrogens with zero attached hydrogens (tertiary/aromatic N) is 3. The maximum Gasteiger partial charge on any atom is 0.141 e. The number of benzene rings is 2. The Labute approximate surface area is 141 Å². The molecule has 1 heterocycles. The fraction of sp³-hybridized carbons (Fsp3) is 0.222. The molecule has 0 radical (unpaired) electrons. The van der Waals surface area contributed by atoms with Crippen molar-refractivity contribution in [3.8, 4) is 11.4 Å². The molecule has 3 aromatic rings. The molecule has 23 heavy (non-hydrogen) atoms. The van der Waals surface area contributed by atoms with Crippen molar-refractivity contribution < 1.29 is 0 Å². The van der Waals surface area contributed by atoms with Gasteiger partial charge in [0.2, 0.25) is 0 Å². The maximum absolute atomic E-state index is 5.79. The number of hydrogen-bond donors (Lipinski definition) is 1. The topological polar surface area (TPSA) is 47.1 Å². The summed E-state index contributed by atoms with van der Waals surface area (Å²) in [4.78, 5) is 7.40. The first kappa shape index (κ1) is 15.6. The SMILES string of the molecule is CN(C)Cc1cccc(-c2nc3ccccc3n2CC(N)=S)c1. The first-order valence-corrected chi connectivity index (χ1v) is 7.93. The summed E-state index contributed by atoms with van der Waals surface area (Å²) in [6.45, 7) is 1.38. The van der Waals surface area contributed by atoms with E-state index in [0.29, 0.717) is 11.5 Å². The predicted molar refractivity (Wildman–Crippen MR) is 99.3 cm³/mol. The minimum Gasteiger partial charge on any atom is -0.392 e. The summed E-state index contributed by atoms with van der Waals surface area (Å²) in [5.41, 5.74) is 10.1. The number of hydrogen-bond acceptors (Lipinski definition) is 3. The average molecular weight is 324 g/mol. The number of aromatic nitrogens is 2. The Hall–Kier alpha value is -2.24. The third kappa shape index (κ3) is 3.41. The molecule has 3 rings (SSSR count). The van der Waals surface area contributed by atoms with E-state index < -0.39 is 0 Å². The lowest BCUT2D eigenvalue weighted by molar-refractivity contribution is 0.402. The van der Waals surface area contributed by atoms with Crippen molar-refractivity contribution in [1.29, 1.82) is 0 Å². The molecule has 0 fully saturated rings. The highest BCUT2D eigenvalue weighted by atomic mass is 32.1. The second-order valence-corrected chi connectivity index (χ2v) is 6.44.